The van der Waals surface area contributed by atoms with E-state index in [1.54, 1.807) is 18.2 Å². The molecular weight excluding hydrogens is 215 g/mol. The largest absolute Gasteiger partial charge is 0.416 e. The van der Waals surface area contributed by atoms with Crippen LogP contribution in [0.2, 0.25) is 0 Å². The van der Waals surface area contributed by atoms with Crippen molar-refractivity contribution in [3.63, 3.8) is 0 Å². The third-order valence-corrected chi connectivity index (χ3v) is 2.44. The zero-order valence-electron chi connectivity index (χ0n) is 8.11. The van der Waals surface area contributed by atoms with E-state index in [0.717, 1.165) is 0 Å². The Labute approximate surface area is 90.7 Å². The van der Waals surface area contributed by atoms with Gasteiger partial charge >= 0.3 is 0 Å². The molecule has 0 bridgehead atoms. The normalized spacial score (nSPS) is 10.5. The van der Waals surface area contributed by atoms with Crippen molar-refractivity contribution in [3.05, 3.63) is 41.5 Å². The van der Waals surface area contributed by atoms with E-state index in [2.05, 4.69) is 10.2 Å². The minimum atomic E-state index is -0.249. The van der Waals surface area contributed by atoms with Gasteiger partial charge in [0.15, 0.2) is 0 Å². The van der Waals surface area contributed by atoms with Crippen molar-refractivity contribution in [2.45, 2.75) is 11.6 Å². The summed E-state index contributed by atoms with van der Waals surface area (Å²) in [6.45, 7) is 0. The molecule has 0 atom stereocenters. The topological polar surface area (TPSA) is 38.9 Å². The van der Waals surface area contributed by atoms with Crippen molar-refractivity contribution in [2.24, 2.45) is 0 Å². The van der Waals surface area contributed by atoms with E-state index in [1.807, 2.05) is 6.26 Å². The van der Waals surface area contributed by atoms with Crippen LogP contribution in [0.3, 0.4) is 0 Å². The molecule has 0 unspecified atom stereocenters. The van der Waals surface area contributed by atoms with Gasteiger partial charge in [0, 0.05) is 0 Å². The second kappa shape index (κ2) is 4.44. The van der Waals surface area contributed by atoms with Crippen molar-refractivity contribution < 1.29 is 8.81 Å². The number of hydrogen-bond donors (Lipinski definition) is 0. The van der Waals surface area contributed by atoms with Gasteiger partial charge in [-0.15, -0.1) is 10.2 Å². The van der Waals surface area contributed by atoms with Crippen LogP contribution in [-0.4, -0.2) is 16.5 Å². The molecule has 0 spiro atoms. The van der Waals surface area contributed by atoms with Crippen LogP contribution < -0.4 is 0 Å². The van der Waals surface area contributed by atoms with Crippen LogP contribution in [0.5, 0.6) is 0 Å². The van der Waals surface area contributed by atoms with Crippen molar-refractivity contribution in [1.29, 1.82) is 0 Å². The van der Waals surface area contributed by atoms with E-state index in [4.69, 9.17) is 4.42 Å². The van der Waals surface area contributed by atoms with Gasteiger partial charge in [0.25, 0.3) is 5.22 Å². The van der Waals surface area contributed by atoms with Gasteiger partial charge < -0.3 is 4.42 Å². The molecule has 0 aliphatic rings. The third kappa shape index (κ3) is 2.36. The smallest absolute Gasteiger partial charge is 0.276 e. The van der Waals surface area contributed by atoms with Gasteiger partial charge in [-0.05, 0) is 17.9 Å². The zero-order chi connectivity index (χ0) is 10.7. The van der Waals surface area contributed by atoms with E-state index < -0.39 is 0 Å². The Morgan fingerprint density at radius 2 is 2.13 bits per heavy atom. The first-order valence-corrected chi connectivity index (χ1v) is 5.62. The van der Waals surface area contributed by atoms with Gasteiger partial charge in [0.05, 0.1) is 6.42 Å². The van der Waals surface area contributed by atoms with Crippen molar-refractivity contribution in [1.82, 2.24) is 10.2 Å². The number of thioether (sulfide) groups is 1. The molecule has 5 heteroatoms. The quantitative estimate of drug-likeness (QED) is 0.751. The SMILES string of the molecule is CSc1nnc(Cc2ccccc2F)o1. The molecule has 0 amide bonds. The minimum Gasteiger partial charge on any atom is -0.416 e. The summed E-state index contributed by atoms with van der Waals surface area (Å²) in [5.41, 5.74) is 0.564. The van der Waals surface area contributed by atoms with Crippen LogP contribution in [0.1, 0.15) is 11.5 Å². The Morgan fingerprint density at radius 1 is 1.33 bits per heavy atom. The van der Waals surface area contributed by atoms with Gasteiger partial charge in [0.2, 0.25) is 5.89 Å². The molecule has 0 radical (unpaired) electrons. The van der Waals surface area contributed by atoms with Gasteiger partial charge in [-0.2, -0.15) is 0 Å². The summed E-state index contributed by atoms with van der Waals surface area (Å²) in [6.07, 6.45) is 2.18. The lowest BCUT2D eigenvalue weighted by Crippen LogP contribution is -1.92. The summed E-state index contributed by atoms with van der Waals surface area (Å²) in [5.74, 6) is 0.186. The van der Waals surface area contributed by atoms with Crippen LogP contribution in [0.25, 0.3) is 0 Å². The summed E-state index contributed by atoms with van der Waals surface area (Å²) in [7, 11) is 0. The summed E-state index contributed by atoms with van der Waals surface area (Å²) in [4.78, 5) is 0. The maximum Gasteiger partial charge on any atom is 0.276 e. The molecule has 1 aromatic heterocycles. The van der Waals surface area contributed by atoms with Crippen LogP contribution in [-0.2, 0) is 6.42 Å². The monoisotopic (exact) mass is 224 g/mol. The van der Waals surface area contributed by atoms with Crippen LogP contribution in [0, 0.1) is 5.82 Å². The molecule has 0 saturated carbocycles. The van der Waals surface area contributed by atoms with Crippen molar-refractivity contribution in [3.8, 4) is 0 Å². The lowest BCUT2D eigenvalue weighted by atomic mass is 10.1. The molecule has 0 N–H and O–H groups in total. The lowest BCUT2D eigenvalue weighted by Gasteiger charge is -1.97. The molecule has 2 rings (SSSR count). The van der Waals surface area contributed by atoms with Crippen LogP contribution >= 0.6 is 11.8 Å². The van der Waals surface area contributed by atoms with E-state index >= 15 is 0 Å². The zero-order valence-corrected chi connectivity index (χ0v) is 8.92. The fraction of sp³-hybridized carbons (Fsp3) is 0.200. The first-order valence-electron chi connectivity index (χ1n) is 4.39. The number of halogens is 1. The maximum absolute atomic E-state index is 13.3. The van der Waals surface area contributed by atoms with Gasteiger partial charge in [0.1, 0.15) is 5.82 Å². The second-order valence-electron chi connectivity index (χ2n) is 2.93. The Bertz CT molecular complexity index is 458. The molecule has 1 aromatic carbocycles. The first kappa shape index (κ1) is 10.2. The number of rotatable bonds is 3. The third-order valence-electron chi connectivity index (χ3n) is 1.92. The van der Waals surface area contributed by atoms with E-state index in [0.29, 0.717) is 23.1 Å². The number of benzene rings is 1. The highest BCUT2D eigenvalue weighted by molar-refractivity contribution is 7.98. The lowest BCUT2D eigenvalue weighted by molar-refractivity contribution is 0.419. The summed E-state index contributed by atoms with van der Waals surface area (Å²) in [5, 5.41) is 8.10. The van der Waals surface area contributed by atoms with Gasteiger partial charge in [-0.1, -0.05) is 30.0 Å². The molecule has 2 aromatic rings. The average molecular weight is 224 g/mol. The predicted molar refractivity (Wildman–Crippen MR) is 55.3 cm³/mol. The van der Waals surface area contributed by atoms with Crippen molar-refractivity contribution in [2.75, 3.05) is 6.26 Å². The summed E-state index contributed by atoms with van der Waals surface area (Å²) < 4.78 is 18.5. The fourth-order valence-electron chi connectivity index (χ4n) is 1.20. The molecule has 15 heavy (non-hydrogen) atoms. The summed E-state index contributed by atoms with van der Waals surface area (Å²) in [6, 6.07) is 6.56. The number of nitrogens with zero attached hydrogens (tertiary/aromatic N) is 2. The summed E-state index contributed by atoms with van der Waals surface area (Å²) >= 11 is 1.37. The Balaban J connectivity index is 2.18. The first-order chi connectivity index (χ1) is 7.29. The molecular formula is C10H9FN2OS. The highest BCUT2D eigenvalue weighted by atomic mass is 32.2. The second-order valence-corrected chi connectivity index (χ2v) is 3.69. The fourth-order valence-corrected chi connectivity index (χ4v) is 1.50. The minimum absolute atomic E-state index is 0.249. The molecule has 0 fully saturated rings. The Kier molecular flexibility index (Phi) is 3.01. The van der Waals surface area contributed by atoms with Crippen LogP contribution in [0.15, 0.2) is 33.9 Å². The standard InChI is InChI=1S/C10H9FN2OS/c1-15-10-13-12-9(14-10)6-7-4-2-3-5-8(7)11/h2-5H,6H2,1H3. The number of hydrogen-bond acceptors (Lipinski definition) is 4. The van der Waals surface area contributed by atoms with E-state index in [-0.39, 0.29) is 5.82 Å². The Hall–Kier alpha value is -1.36. The van der Waals surface area contributed by atoms with Gasteiger partial charge in [-0.3, -0.25) is 0 Å². The highest BCUT2D eigenvalue weighted by Crippen LogP contribution is 2.16. The molecule has 0 saturated heterocycles. The van der Waals surface area contributed by atoms with Gasteiger partial charge in [-0.25, -0.2) is 4.39 Å². The number of aromatic nitrogens is 2. The molecule has 1 heterocycles. The van der Waals surface area contributed by atoms with E-state index in [1.165, 1.54) is 17.8 Å². The van der Waals surface area contributed by atoms with Crippen molar-refractivity contribution >= 4 is 11.8 Å². The Morgan fingerprint density at radius 3 is 2.80 bits per heavy atom. The molecule has 0 aliphatic carbocycles. The predicted octanol–water partition coefficient (Wildman–Crippen LogP) is 2.52. The molecule has 0 aliphatic heterocycles. The molecule has 78 valence electrons. The van der Waals surface area contributed by atoms with Crippen LogP contribution in [0.4, 0.5) is 4.39 Å². The van der Waals surface area contributed by atoms with E-state index in [9.17, 15) is 4.39 Å². The maximum atomic E-state index is 13.3. The molecule has 3 nitrogen and oxygen atoms in total. The highest BCUT2D eigenvalue weighted by Gasteiger charge is 2.08. The average Bonchev–Trinajstić information content (AvgIpc) is 2.69.